The van der Waals surface area contributed by atoms with E-state index in [0.717, 1.165) is 44.1 Å². The van der Waals surface area contributed by atoms with Crippen LogP contribution in [-0.4, -0.2) is 47.8 Å². The summed E-state index contributed by atoms with van der Waals surface area (Å²) >= 11 is 0. The van der Waals surface area contributed by atoms with E-state index in [-0.39, 0.29) is 29.7 Å². The molecule has 1 aliphatic heterocycles. The van der Waals surface area contributed by atoms with Gasteiger partial charge in [0, 0.05) is 36.8 Å². The lowest BCUT2D eigenvalue weighted by Gasteiger charge is -2.36. The Morgan fingerprint density at radius 2 is 1.83 bits per heavy atom. The molecule has 30 heavy (non-hydrogen) atoms. The summed E-state index contributed by atoms with van der Waals surface area (Å²) in [6, 6.07) is 7.70. The molecule has 0 radical (unpaired) electrons. The number of piperidine rings is 1. The van der Waals surface area contributed by atoms with Gasteiger partial charge in [0.1, 0.15) is 0 Å². The Morgan fingerprint density at radius 3 is 2.50 bits per heavy atom. The molecular formula is C24H33N3O3. The van der Waals surface area contributed by atoms with Gasteiger partial charge < -0.3 is 15.5 Å². The first-order valence-electron chi connectivity index (χ1n) is 11.1. The second-order valence-corrected chi connectivity index (χ2v) is 8.46. The Bertz CT molecular complexity index is 783. The van der Waals surface area contributed by atoms with E-state index in [2.05, 4.69) is 17.6 Å². The molecule has 1 heterocycles. The van der Waals surface area contributed by atoms with Crippen molar-refractivity contribution in [3.05, 3.63) is 41.5 Å². The van der Waals surface area contributed by atoms with Crippen LogP contribution in [0.4, 0.5) is 0 Å². The molecule has 1 saturated carbocycles. The van der Waals surface area contributed by atoms with Crippen molar-refractivity contribution < 1.29 is 14.4 Å². The summed E-state index contributed by atoms with van der Waals surface area (Å²) < 4.78 is 0. The predicted octanol–water partition coefficient (Wildman–Crippen LogP) is 3.14. The third-order valence-electron chi connectivity index (χ3n) is 5.87. The minimum Gasteiger partial charge on any atom is -0.356 e. The Hall–Kier alpha value is -2.63. The molecule has 2 aliphatic rings. The summed E-state index contributed by atoms with van der Waals surface area (Å²) in [5.41, 5.74) is 1.50. The quantitative estimate of drug-likeness (QED) is 0.510. The van der Waals surface area contributed by atoms with Crippen LogP contribution in [-0.2, 0) is 9.59 Å². The van der Waals surface area contributed by atoms with Gasteiger partial charge in [-0.2, -0.15) is 0 Å². The van der Waals surface area contributed by atoms with E-state index < -0.39 is 0 Å². The van der Waals surface area contributed by atoms with Crippen LogP contribution in [0.5, 0.6) is 0 Å². The van der Waals surface area contributed by atoms with Crippen LogP contribution in [0.2, 0.25) is 0 Å². The van der Waals surface area contributed by atoms with Crippen LogP contribution in [0, 0.1) is 5.92 Å². The van der Waals surface area contributed by atoms with Gasteiger partial charge in [-0.15, -0.1) is 0 Å². The van der Waals surface area contributed by atoms with Gasteiger partial charge in [0.2, 0.25) is 11.8 Å². The highest BCUT2D eigenvalue weighted by Crippen LogP contribution is 2.23. The average Bonchev–Trinajstić information content (AvgIpc) is 3.56. The molecule has 3 amide bonds. The smallest absolute Gasteiger partial charge is 0.251 e. The Morgan fingerprint density at radius 1 is 1.10 bits per heavy atom. The number of nitrogens with one attached hydrogen (secondary N) is 2. The van der Waals surface area contributed by atoms with Crippen LogP contribution >= 0.6 is 0 Å². The van der Waals surface area contributed by atoms with Crippen LogP contribution < -0.4 is 10.6 Å². The standard InChI is InChI=1S/C24H33N3O3/c1-3-4-15-25-23(29)20-9-5-17(2)27(16-20)22(28)14-8-18-6-10-19(11-7-18)24(30)26-21-12-13-21/h6-8,10-11,14,17,20-21H,3-5,9,12-13,15-16H2,1-2H3,(H,25,29)(H,26,30)/b14-8+. The Kier molecular flexibility index (Phi) is 7.66. The molecule has 6 nitrogen and oxygen atoms in total. The second-order valence-electron chi connectivity index (χ2n) is 8.46. The molecule has 3 rings (SSSR count). The number of unbranched alkanes of at least 4 members (excludes halogenated alkanes) is 1. The van der Waals surface area contributed by atoms with Gasteiger partial charge in [0.25, 0.3) is 5.91 Å². The molecule has 1 saturated heterocycles. The lowest BCUT2D eigenvalue weighted by molar-refractivity contribution is -0.134. The summed E-state index contributed by atoms with van der Waals surface area (Å²) in [7, 11) is 0. The maximum atomic E-state index is 12.8. The van der Waals surface area contributed by atoms with Crippen molar-refractivity contribution in [1.29, 1.82) is 0 Å². The maximum Gasteiger partial charge on any atom is 0.251 e. The summed E-state index contributed by atoms with van der Waals surface area (Å²) in [5.74, 6) is -0.213. The molecule has 1 aliphatic carbocycles. The van der Waals surface area contributed by atoms with E-state index in [9.17, 15) is 14.4 Å². The zero-order valence-electron chi connectivity index (χ0n) is 18.0. The van der Waals surface area contributed by atoms with Crippen molar-refractivity contribution in [2.75, 3.05) is 13.1 Å². The topological polar surface area (TPSA) is 78.5 Å². The molecule has 0 aromatic heterocycles. The average molecular weight is 412 g/mol. The molecule has 2 fully saturated rings. The fourth-order valence-electron chi connectivity index (χ4n) is 3.67. The highest BCUT2D eigenvalue weighted by Gasteiger charge is 2.31. The van der Waals surface area contributed by atoms with Gasteiger partial charge in [0.05, 0.1) is 5.92 Å². The number of hydrogen-bond donors (Lipinski definition) is 2. The van der Waals surface area contributed by atoms with Gasteiger partial charge in [-0.05, 0) is 62.8 Å². The van der Waals surface area contributed by atoms with Gasteiger partial charge in [-0.1, -0.05) is 25.5 Å². The molecule has 0 spiro atoms. The fourth-order valence-corrected chi connectivity index (χ4v) is 3.67. The van der Waals surface area contributed by atoms with Crippen molar-refractivity contribution in [2.24, 2.45) is 5.92 Å². The van der Waals surface area contributed by atoms with Crippen molar-refractivity contribution in [3.63, 3.8) is 0 Å². The van der Waals surface area contributed by atoms with E-state index in [1.807, 2.05) is 19.1 Å². The first-order valence-corrected chi connectivity index (χ1v) is 11.1. The third kappa shape index (κ3) is 6.18. The lowest BCUT2D eigenvalue weighted by atomic mass is 9.92. The van der Waals surface area contributed by atoms with E-state index in [0.29, 0.717) is 24.7 Å². The SMILES string of the molecule is CCCCNC(=O)C1CCC(C)N(C(=O)/C=C/c2ccc(C(=O)NC3CC3)cc2)C1. The maximum absolute atomic E-state index is 12.8. The number of amides is 3. The van der Waals surface area contributed by atoms with Gasteiger partial charge in [-0.25, -0.2) is 0 Å². The number of carbonyl (C=O) groups excluding carboxylic acids is 3. The number of likely N-dealkylation sites (tertiary alicyclic amines) is 1. The highest BCUT2D eigenvalue weighted by molar-refractivity contribution is 5.95. The molecule has 2 unspecified atom stereocenters. The monoisotopic (exact) mass is 411 g/mol. The summed E-state index contributed by atoms with van der Waals surface area (Å²) in [4.78, 5) is 39.0. The molecule has 6 heteroatoms. The molecule has 162 valence electrons. The Balaban J connectivity index is 1.54. The van der Waals surface area contributed by atoms with Crippen molar-refractivity contribution in [2.45, 2.75) is 64.5 Å². The van der Waals surface area contributed by atoms with Crippen molar-refractivity contribution in [3.8, 4) is 0 Å². The largest absolute Gasteiger partial charge is 0.356 e. The van der Waals surface area contributed by atoms with Crippen molar-refractivity contribution >= 4 is 23.8 Å². The van der Waals surface area contributed by atoms with E-state index in [1.54, 1.807) is 29.2 Å². The summed E-state index contributed by atoms with van der Waals surface area (Å²) in [6.45, 7) is 5.29. The van der Waals surface area contributed by atoms with Crippen LogP contribution in [0.15, 0.2) is 30.3 Å². The third-order valence-corrected chi connectivity index (χ3v) is 5.87. The number of benzene rings is 1. The highest BCUT2D eigenvalue weighted by atomic mass is 16.2. The zero-order chi connectivity index (χ0) is 21.5. The number of carbonyl (C=O) groups is 3. The van der Waals surface area contributed by atoms with E-state index in [4.69, 9.17) is 0 Å². The molecule has 2 atom stereocenters. The predicted molar refractivity (Wildman–Crippen MR) is 118 cm³/mol. The number of hydrogen-bond acceptors (Lipinski definition) is 3. The molecule has 1 aromatic carbocycles. The summed E-state index contributed by atoms with van der Waals surface area (Å²) in [6.07, 6.45) is 9.11. The number of rotatable bonds is 8. The first kappa shape index (κ1) is 22.1. The van der Waals surface area contributed by atoms with Crippen LogP contribution in [0.25, 0.3) is 6.08 Å². The van der Waals surface area contributed by atoms with Crippen molar-refractivity contribution in [1.82, 2.24) is 15.5 Å². The van der Waals surface area contributed by atoms with Crippen LogP contribution in [0.1, 0.15) is 68.3 Å². The Labute approximate surface area is 179 Å². The van der Waals surface area contributed by atoms with Gasteiger partial charge in [0.15, 0.2) is 0 Å². The van der Waals surface area contributed by atoms with Gasteiger partial charge in [-0.3, -0.25) is 14.4 Å². The fraction of sp³-hybridized carbons (Fsp3) is 0.542. The molecule has 2 N–H and O–H groups in total. The number of nitrogens with zero attached hydrogens (tertiary/aromatic N) is 1. The minimum absolute atomic E-state index is 0.0468. The molecule has 0 bridgehead atoms. The van der Waals surface area contributed by atoms with E-state index >= 15 is 0 Å². The lowest BCUT2D eigenvalue weighted by Crippen LogP contribution is -2.49. The van der Waals surface area contributed by atoms with Crippen LogP contribution in [0.3, 0.4) is 0 Å². The second kappa shape index (κ2) is 10.4. The van der Waals surface area contributed by atoms with E-state index in [1.165, 1.54) is 0 Å². The molecular weight excluding hydrogens is 378 g/mol. The first-order chi connectivity index (χ1) is 14.5. The normalized spacial score (nSPS) is 21.5. The molecule has 1 aromatic rings. The van der Waals surface area contributed by atoms with Gasteiger partial charge >= 0.3 is 0 Å². The zero-order valence-corrected chi connectivity index (χ0v) is 18.0. The minimum atomic E-state index is -0.139. The summed E-state index contributed by atoms with van der Waals surface area (Å²) in [5, 5.41) is 5.95.